The molecule has 7 heteroatoms. The number of benzene rings is 1. The molecular formula is C22H26N6O. The molecule has 29 heavy (non-hydrogen) atoms. The van der Waals surface area contributed by atoms with E-state index in [-0.39, 0.29) is 6.17 Å². The first-order valence-electron chi connectivity index (χ1n) is 10.2. The normalized spacial score (nSPS) is 21.7. The minimum absolute atomic E-state index is 0.0822. The van der Waals surface area contributed by atoms with Crippen LogP contribution in [0.25, 0.3) is 5.70 Å². The fourth-order valence-corrected chi connectivity index (χ4v) is 4.23. The van der Waals surface area contributed by atoms with Crippen molar-refractivity contribution in [2.24, 2.45) is 10.7 Å². The van der Waals surface area contributed by atoms with Gasteiger partial charge in [-0.1, -0.05) is 24.3 Å². The van der Waals surface area contributed by atoms with Crippen LogP contribution in [-0.2, 0) is 11.3 Å². The van der Waals surface area contributed by atoms with E-state index in [1.807, 2.05) is 18.5 Å². The zero-order chi connectivity index (χ0) is 19.6. The number of aliphatic imine (C=N–C) groups is 1. The molecule has 1 atom stereocenters. The number of nitrogens with two attached hydrogens (primary N) is 1. The molecule has 3 aliphatic heterocycles. The Morgan fingerprint density at radius 2 is 1.93 bits per heavy atom. The maximum absolute atomic E-state index is 5.79. The minimum Gasteiger partial charge on any atom is -0.378 e. The number of pyridine rings is 1. The summed E-state index contributed by atoms with van der Waals surface area (Å²) in [5, 5.41) is 3.70. The van der Waals surface area contributed by atoms with Crippen molar-refractivity contribution in [2.45, 2.75) is 19.1 Å². The van der Waals surface area contributed by atoms with Crippen molar-refractivity contribution in [2.75, 3.05) is 37.7 Å². The summed E-state index contributed by atoms with van der Waals surface area (Å²) in [6.07, 6.45) is 4.80. The highest BCUT2D eigenvalue weighted by Gasteiger charge is 2.37. The number of rotatable bonds is 3. The summed E-state index contributed by atoms with van der Waals surface area (Å²) in [4.78, 5) is 14.1. The number of aromatic nitrogens is 1. The van der Waals surface area contributed by atoms with Crippen LogP contribution in [0.15, 0.2) is 59.4 Å². The summed E-state index contributed by atoms with van der Waals surface area (Å²) in [5.74, 6) is 0.927. The molecule has 3 aliphatic rings. The lowest BCUT2D eigenvalue weighted by Crippen LogP contribution is -2.55. The van der Waals surface area contributed by atoms with Gasteiger partial charge in [-0.15, -0.1) is 0 Å². The van der Waals surface area contributed by atoms with Gasteiger partial charge in [0.25, 0.3) is 0 Å². The van der Waals surface area contributed by atoms with Crippen molar-refractivity contribution in [3.05, 3.63) is 65.5 Å². The fourth-order valence-electron chi connectivity index (χ4n) is 4.23. The molecule has 1 aromatic heterocycles. The maximum Gasteiger partial charge on any atom is 0.201 e. The summed E-state index contributed by atoms with van der Waals surface area (Å²) >= 11 is 0. The molecule has 0 saturated carbocycles. The second-order valence-electron chi connectivity index (χ2n) is 7.51. The van der Waals surface area contributed by atoms with Crippen LogP contribution in [0.5, 0.6) is 0 Å². The van der Waals surface area contributed by atoms with E-state index >= 15 is 0 Å². The predicted octanol–water partition coefficient (Wildman–Crippen LogP) is 1.78. The molecule has 2 fully saturated rings. The number of hydrogen-bond acceptors (Lipinski definition) is 7. The molecule has 0 radical (unpaired) electrons. The molecule has 1 aromatic carbocycles. The molecule has 2 aromatic rings. The average Bonchev–Trinajstić information content (AvgIpc) is 3.24. The Balaban J connectivity index is 1.55. The van der Waals surface area contributed by atoms with E-state index in [0.717, 1.165) is 67.7 Å². The van der Waals surface area contributed by atoms with Gasteiger partial charge < -0.3 is 25.6 Å². The molecule has 4 heterocycles. The molecule has 5 rings (SSSR count). The Hall–Kier alpha value is -2.90. The Morgan fingerprint density at radius 1 is 1.10 bits per heavy atom. The summed E-state index contributed by atoms with van der Waals surface area (Å²) < 4.78 is 5.54. The van der Waals surface area contributed by atoms with Crippen LogP contribution in [-0.4, -0.2) is 54.9 Å². The number of morpholine rings is 1. The van der Waals surface area contributed by atoms with Gasteiger partial charge in [0.1, 0.15) is 6.17 Å². The number of nitrogens with one attached hydrogen (secondary N) is 1. The van der Waals surface area contributed by atoms with Crippen LogP contribution in [0.1, 0.15) is 17.5 Å². The van der Waals surface area contributed by atoms with Crippen molar-refractivity contribution in [1.29, 1.82) is 0 Å². The van der Waals surface area contributed by atoms with Gasteiger partial charge in [-0.3, -0.25) is 4.98 Å². The van der Waals surface area contributed by atoms with Crippen LogP contribution in [0, 0.1) is 0 Å². The Bertz CT molecular complexity index is 918. The van der Waals surface area contributed by atoms with Crippen LogP contribution in [0.2, 0.25) is 0 Å². The molecule has 7 nitrogen and oxygen atoms in total. The third-order valence-corrected chi connectivity index (χ3v) is 5.80. The second kappa shape index (κ2) is 7.85. The lowest BCUT2D eigenvalue weighted by molar-refractivity contribution is 0.0663. The van der Waals surface area contributed by atoms with Gasteiger partial charge in [-0.2, -0.15) is 0 Å². The quantitative estimate of drug-likeness (QED) is 0.832. The van der Waals surface area contributed by atoms with Crippen molar-refractivity contribution in [3.8, 4) is 0 Å². The molecular weight excluding hydrogens is 364 g/mol. The number of guanidine groups is 1. The fraction of sp³-hybridized carbons (Fsp3) is 0.364. The minimum atomic E-state index is 0.0822. The summed E-state index contributed by atoms with van der Waals surface area (Å²) in [5.41, 5.74) is 11.6. The lowest BCUT2D eigenvalue weighted by Gasteiger charge is -2.37. The monoisotopic (exact) mass is 390 g/mol. The molecule has 0 spiro atoms. The summed E-state index contributed by atoms with van der Waals surface area (Å²) in [6, 6.07) is 12.6. The molecule has 0 amide bonds. The topological polar surface area (TPSA) is 79.0 Å². The van der Waals surface area contributed by atoms with Crippen LogP contribution in [0.3, 0.4) is 0 Å². The predicted molar refractivity (Wildman–Crippen MR) is 114 cm³/mol. The molecule has 0 bridgehead atoms. The van der Waals surface area contributed by atoms with Crippen molar-refractivity contribution in [3.63, 3.8) is 0 Å². The number of anilines is 1. The third-order valence-electron chi connectivity index (χ3n) is 5.80. The highest BCUT2D eigenvalue weighted by Crippen LogP contribution is 2.36. The Labute approximate surface area is 170 Å². The van der Waals surface area contributed by atoms with Gasteiger partial charge in [0.15, 0.2) is 0 Å². The van der Waals surface area contributed by atoms with Gasteiger partial charge in [0, 0.05) is 43.5 Å². The van der Waals surface area contributed by atoms with E-state index < -0.39 is 0 Å². The van der Waals surface area contributed by atoms with Crippen molar-refractivity contribution < 1.29 is 4.74 Å². The molecule has 1 unspecified atom stereocenters. The number of hydrogen-bond donors (Lipinski definition) is 2. The largest absolute Gasteiger partial charge is 0.378 e. The maximum atomic E-state index is 5.79. The van der Waals surface area contributed by atoms with E-state index in [2.05, 4.69) is 50.4 Å². The second-order valence-corrected chi connectivity index (χ2v) is 7.51. The van der Waals surface area contributed by atoms with Gasteiger partial charge in [-0.05, 0) is 24.1 Å². The van der Waals surface area contributed by atoms with Gasteiger partial charge in [0.2, 0.25) is 5.96 Å². The van der Waals surface area contributed by atoms with E-state index in [0.29, 0.717) is 6.54 Å². The van der Waals surface area contributed by atoms with Crippen LogP contribution in [0.4, 0.5) is 5.69 Å². The first kappa shape index (κ1) is 18.1. The number of ether oxygens (including phenoxy) is 1. The van der Waals surface area contributed by atoms with Crippen LogP contribution >= 0.6 is 0 Å². The van der Waals surface area contributed by atoms with Gasteiger partial charge in [-0.25, -0.2) is 4.99 Å². The highest BCUT2D eigenvalue weighted by atomic mass is 16.5. The molecule has 0 aliphatic carbocycles. The van der Waals surface area contributed by atoms with E-state index in [4.69, 9.17) is 15.5 Å². The standard InChI is InChI=1S/C22H26N6O/c23-14-16-3-5-17(6-4-16)20-19-7-9-28(18-2-1-8-24-15-18)21(19)26-22(25-20)27-10-12-29-13-11-27/h1-6,8,15,21H,7,9-14,23H2,(H,25,26). The SMILES string of the molecule is NCc1ccc(C2=C3CCN(c4cccnc4)C3NC(N3CCOCC3)=N2)cc1. The van der Waals surface area contributed by atoms with E-state index in [1.54, 1.807) is 0 Å². The third kappa shape index (κ3) is 3.47. The average molecular weight is 390 g/mol. The Morgan fingerprint density at radius 3 is 2.66 bits per heavy atom. The number of fused-ring (bicyclic) bond motifs is 1. The van der Waals surface area contributed by atoms with E-state index in [1.165, 1.54) is 5.57 Å². The first-order valence-corrected chi connectivity index (χ1v) is 10.2. The summed E-state index contributed by atoms with van der Waals surface area (Å²) in [6.45, 7) is 4.65. The highest BCUT2D eigenvalue weighted by molar-refractivity contribution is 5.91. The van der Waals surface area contributed by atoms with Crippen molar-refractivity contribution >= 4 is 17.3 Å². The van der Waals surface area contributed by atoms with Gasteiger partial charge in [0.05, 0.1) is 30.8 Å². The molecule has 150 valence electrons. The zero-order valence-corrected chi connectivity index (χ0v) is 16.4. The van der Waals surface area contributed by atoms with E-state index in [9.17, 15) is 0 Å². The zero-order valence-electron chi connectivity index (χ0n) is 16.4. The summed E-state index contributed by atoms with van der Waals surface area (Å²) in [7, 11) is 0. The smallest absolute Gasteiger partial charge is 0.201 e. The molecule has 3 N–H and O–H groups in total. The van der Waals surface area contributed by atoms with Crippen molar-refractivity contribution in [1.82, 2.24) is 15.2 Å². The number of nitrogens with zero attached hydrogens (tertiary/aromatic N) is 4. The van der Waals surface area contributed by atoms with Crippen LogP contribution < -0.4 is 16.0 Å². The lowest BCUT2D eigenvalue weighted by atomic mass is 10.0. The molecule has 2 saturated heterocycles. The van der Waals surface area contributed by atoms with Gasteiger partial charge >= 0.3 is 0 Å². The Kier molecular flexibility index (Phi) is 4.91. The first-order chi connectivity index (χ1) is 14.3.